The van der Waals surface area contributed by atoms with Gasteiger partial charge < -0.3 is 19.6 Å². The van der Waals surface area contributed by atoms with Gasteiger partial charge in [0.05, 0.1) is 34.7 Å². The van der Waals surface area contributed by atoms with E-state index in [1.807, 2.05) is 19.1 Å². The molecule has 0 saturated carbocycles. The van der Waals surface area contributed by atoms with Crippen molar-refractivity contribution in [1.29, 1.82) is 0 Å². The number of nitro benzene ring substituents is 1. The van der Waals surface area contributed by atoms with E-state index in [1.165, 1.54) is 17.0 Å². The van der Waals surface area contributed by atoms with Crippen LogP contribution in [0, 0.1) is 27.6 Å². The molecule has 3 aromatic carbocycles. The van der Waals surface area contributed by atoms with Crippen LogP contribution in [-0.2, 0) is 4.79 Å². The Morgan fingerprint density at radius 3 is 2.33 bits per heavy atom. The SMILES string of the molecule is CC1N(C)c2cc(F)c(F)c(F)c2N1C.CN1CCN(/C=C2\N=C3CN=C(c4ccccc4Cl)c4cc([N+](=O)[O-])ccc4N3C2=O)CC1. The molecular formula is C33H32ClF3N8O3. The molecule has 48 heavy (non-hydrogen) atoms. The van der Waals surface area contributed by atoms with Gasteiger partial charge in [0, 0.05) is 80.8 Å². The summed E-state index contributed by atoms with van der Waals surface area (Å²) >= 11 is 6.43. The maximum Gasteiger partial charge on any atom is 0.284 e. The monoisotopic (exact) mass is 680 g/mol. The molecule has 0 N–H and O–H groups in total. The van der Waals surface area contributed by atoms with Crippen molar-refractivity contribution in [2.45, 2.75) is 13.1 Å². The minimum Gasteiger partial charge on any atom is -0.373 e. The number of fused-ring (bicyclic) bond motifs is 4. The molecule has 3 aromatic rings. The second-order valence-corrected chi connectivity index (χ2v) is 12.2. The number of likely N-dealkylation sites (N-methyl/N-ethyl adjacent to an activating group) is 1. The first-order chi connectivity index (χ1) is 22.9. The number of piperazine rings is 1. The summed E-state index contributed by atoms with van der Waals surface area (Å²) in [6, 6.07) is 12.6. The first-order valence-electron chi connectivity index (χ1n) is 15.1. The lowest BCUT2D eigenvalue weighted by Crippen LogP contribution is -2.42. The standard InChI is InChI=1S/C23H21ClN6O3.C10H11F3N2/c1-27-8-10-28(11-9-27)14-19-23(31)29-20-7-6-15(30(32)33)12-17(20)22(25-13-21(29)26-19)16-4-2-3-5-18(16)24;1-5-14(2)7-4-6(11)8(12)9(13)10(7)15(5)3/h2-7,12,14H,8-11,13H2,1H3;4-5H,1-3H3/b19-14-;. The van der Waals surface area contributed by atoms with Crippen LogP contribution in [0.25, 0.3) is 0 Å². The summed E-state index contributed by atoms with van der Waals surface area (Å²) < 4.78 is 39.5. The zero-order chi connectivity index (χ0) is 34.4. The van der Waals surface area contributed by atoms with Crippen LogP contribution in [0.15, 0.2) is 70.4 Å². The van der Waals surface area contributed by atoms with E-state index in [4.69, 9.17) is 16.6 Å². The Hall–Kier alpha value is -4.95. The molecule has 7 rings (SSSR count). The van der Waals surface area contributed by atoms with E-state index in [0.29, 0.717) is 44.8 Å². The molecule has 4 aliphatic rings. The van der Waals surface area contributed by atoms with E-state index in [9.17, 15) is 28.1 Å². The van der Waals surface area contributed by atoms with Crippen molar-refractivity contribution in [3.05, 3.63) is 104 Å². The van der Waals surface area contributed by atoms with E-state index in [-0.39, 0.29) is 30.0 Å². The third-order valence-corrected chi connectivity index (χ3v) is 9.27. The Morgan fingerprint density at radius 2 is 1.65 bits per heavy atom. The van der Waals surface area contributed by atoms with Crippen LogP contribution >= 0.6 is 11.6 Å². The lowest BCUT2D eigenvalue weighted by molar-refractivity contribution is -0.384. The Labute approximate surface area is 280 Å². The molecule has 15 heteroatoms. The fourth-order valence-corrected chi connectivity index (χ4v) is 6.22. The van der Waals surface area contributed by atoms with Gasteiger partial charge in [-0.3, -0.25) is 24.8 Å². The van der Waals surface area contributed by atoms with Crippen molar-refractivity contribution in [3.8, 4) is 0 Å². The molecule has 0 bridgehead atoms. The van der Waals surface area contributed by atoms with Gasteiger partial charge in [0.15, 0.2) is 17.5 Å². The molecule has 1 unspecified atom stereocenters. The average molecular weight is 681 g/mol. The minimum atomic E-state index is -1.41. The summed E-state index contributed by atoms with van der Waals surface area (Å²) in [5.74, 6) is -3.47. The van der Waals surface area contributed by atoms with Crippen LogP contribution in [0.5, 0.6) is 0 Å². The zero-order valence-corrected chi connectivity index (χ0v) is 27.4. The number of hydrogen-bond donors (Lipinski definition) is 0. The summed E-state index contributed by atoms with van der Waals surface area (Å²) in [7, 11) is 5.43. The van der Waals surface area contributed by atoms with E-state index >= 15 is 0 Å². The molecule has 1 fully saturated rings. The van der Waals surface area contributed by atoms with Gasteiger partial charge in [-0.2, -0.15) is 0 Å². The highest BCUT2D eigenvalue weighted by Crippen LogP contribution is 2.41. The number of nitro groups is 1. The molecule has 1 saturated heterocycles. The molecular weight excluding hydrogens is 649 g/mol. The van der Waals surface area contributed by atoms with Gasteiger partial charge in [-0.25, -0.2) is 18.2 Å². The number of carbonyl (C=O) groups excluding carboxylic acids is 1. The van der Waals surface area contributed by atoms with Gasteiger partial charge in [0.2, 0.25) is 0 Å². The van der Waals surface area contributed by atoms with E-state index in [1.54, 1.807) is 48.3 Å². The van der Waals surface area contributed by atoms with Gasteiger partial charge in [0.1, 0.15) is 17.2 Å². The van der Waals surface area contributed by atoms with Crippen LogP contribution < -0.4 is 14.7 Å². The second kappa shape index (κ2) is 12.9. The Kier molecular flexibility index (Phi) is 8.88. The first-order valence-corrected chi connectivity index (χ1v) is 15.5. The molecule has 1 atom stereocenters. The number of rotatable bonds is 3. The van der Waals surface area contributed by atoms with Crippen molar-refractivity contribution in [2.24, 2.45) is 9.98 Å². The van der Waals surface area contributed by atoms with E-state index in [0.717, 1.165) is 32.2 Å². The minimum absolute atomic E-state index is 0.0891. The normalized spacial score (nSPS) is 19.7. The maximum absolute atomic E-state index is 13.5. The number of halogens is 4. The summed E-state index contributed by atoms with van der Waals surface area (Å²) in [4.78, 5) is 42.9. The number of amides is 1. The second-order valence-electron chi connectivity index (χ2n) is 11.8. The summed E-state index contributed by atoms with van der Waals surface area (Å²) in [5.41, 5.74) is 2.85. The molecule has 0 spiro atoms. The molecule has 4 aliphatic heterocycles. The van der Waals surface area contributed by atoms with Crippen LogP contribution in [0.2, 0.25) is 5.02 Å². The van der Waals surface area contributed by atoms with E-state index < -0.39 is 22.4 Å². The zero-order valence-electron chi connectivity index (χ0n) is 26.6. The van der Waals surface area contributed by atoms with Gasteiger partial charge >= 0.3 is 0 Å². The van der Waals surface area contributed by atoms with Crippen LogP contribution in [0.3, 0.4) is 0 Å². The fourth-order valence-electron chi connectivity index (χ4n) is 6.00. The third-order valence-electron chi connectivity index (χ3n) is 8.94. The molecule has 11 nitrogen and oxygen atoms in total. The number of benzene rings is 3. The molecule has 4 heterocycles. The number of carbonyl (C=O) groups is 1. The van der Waals surface area contributed by atoms with Crippen LogP contribution in [0.4, 0.5) is 35.9 Å². The Morgan fingerprint density at radius 1 is 0.938 bits per heavy atom. The van der Waals surface area contributed by atoms with Crippen molar-refractivity contribution >= 4 is 51.8 Å². The van der Waals surface area contributed by atoms with Gasteiger partial charge in [0.25, 0.3) is 11.6 Å². The quantitative estimate of drug-likeness (QED) is 0.161. The van der Waals surface area contributed by atoms with Gasteiger partial charge in [-0.05, 0) is 26.1 Å². The molecule has 0 aliphatic carbocycles. The lowest BCUT2D eigenvalue weighted by atomic mass is 9.99. The molecule has 250 valence electrons. The Bertz CT molecular complexity index is 1910. The average Bonchev–Trinajstić information content (AvgIpc) is 3.41. The van der Waals surface area contributed by atoms with Crippen LogP contribution in [0.1, 0.15) is 18.1 Å². The van der Waals surface area contributed by atoms with Crippen molar-refractivity contribution in [3.63, 3.8) is 0 Å². The number of anilines is 3. The largest absolute Gasteiger partial charge is 0.373 e. The number of amidine groups is 1. The lowest BCUT2D eigenvalue weighted by Gasteiger charge is -2.31. The van der Waals surface area contributed by atoms with E-state index in [2.05, 4.69) is 21.8 Å². The molecule has 1 amide bonds. The van der Waals surface area contributed by atoms with Gasteiger partial charge in [-0.1, -0.05) is 29.8 Å². The fraction of sp³-hybridized carbons (Fsp3) is 0.303. The number of non-ortho nitro benzene ring substituents is 1. The molecule has 0 aromatic heterocycles. The molecule has 0 radical (unpaired) electrons. The van der Waals surface area contributed by atoms with Gasteiger partial charge in [-0.15, -0.1) is 0 Å². The predicted octanol–water partition coefficient (Wildman–Crippen LogP) is 5.27. The summed E-state index contributed by atoms with van der Waals surface area (Å²) in [6.45, 7) is 5.43. The Balaban J connectivity index is 0.000000223. The number of nitrogens with zero attached hydrogens (tertiary/aromatic N) is 8. The van der Waals surface area contributed by atoms with Crippen molar-refractivity contribution in [2.75, 3.05) is 68.6 Å². The third kappa shape index (κ3) is 5.85. The summed E-state index contributed by atoms with van der Waals surface area (Å²) in [6.07, 6.45) is 1.69. The number of hydrogen-bond acceptors (Lipinski definition) is 9. The highest BCUT2D eigenvalue weighted by Gasteiger charge is 2.37. The topological polar surface area (TPSA) is 101 Å². The van der Waals surface area contributed by atoms with Crippen LogP contribution in [-0.4, -0.2) is 92.2 Å². The van der Waals surface area contributed by atoms with Crippen molar-refractivity contribution < 1.29 is 22.9 Å². The smallest absolute Gasteiger partial charge is 0.284 e. The highest BCUT2D eigenvalue weighted by atomic mass is 35.5. The predicted molar refractivity (Wildman–Crippen MR) is 180 cm³/mol. The first kappa shape index (κ1) is 33.0. The maximum atomic E-state index is 13.5. The number of aliphatic imine (C=N–C) groups is 2. The van der Waals surface area contributed by atoms with Crippen molar-refractivity contribution in [1.82, 2.24) is 9.80 Å². The highest BCUT2D eigenvalue weighted by molar-refractivity contribution is 6.37. The summed E-state index contributed by atoms with van der Waals surface area (Å²) in [5, 5.41) is 12.0.